The minimum Gasteiger partial charge on any atom is -0.396 e. The van der Waals surface area contributed by atoms with Crippen LogP contribution in [0.4, 0.5) is 0 Å². The zero-order valence-corrected chi connectivity index (χ0v) is 38.5. The fourth-order valence-corrected chi connectivity index (χ4v) is 6.96. The van der Waals surface area contributed by atoms with Gasteiger partial charge in [-0.1, -0.05) is 182 Å². The van der Waals surface area contributed by atoms with E-state index in [9.17, 15) is 10.2 Å². The molecule has 5 heteroatoms. The van der Waals surface area contributed by atoms with Crippen molar-refractivity contribution in [3.63, 3.8) is 0 Å². The molecule has 0 saturated carbocycles. The maximum absolute atomic E-state index is 9.75. The topological polar surface area (TPSA) is 52.9 Å². The molecule has 2 atom stereocenters. The van der Waals surface area contributed by atoms with Crippen LogP contribution < -0.4 is 0 Å². The van der Waals surface area contributed by atoms with Crippen molar-refractivity contribution in [2.24, 2.45) is 5.92 Å². The number of hydrogen-bond donors (Lipinski definition) is 2. The van der Waals surface area contributed by atoms with Crippen molar-refractivity contribution in [3.05, 3.63) is 6.92 Å². The van der Waals surface area contributed by atoms with Gasteiger partial charge in [-0.2, -0.15) is 6.42 Å². The third kappa shape index (κ3) is 48.5. The molecule has 0 saturated heterocycles. The van der Waals surface area contributed by atoms with Crippen molar-refractivity contribution >= 4 is 0 Å². The van der Waals surface area contributed by atoms with Gasteiger partial charge >= 0.3 is 0 Å². The number of hydrogen-bond acceptors (Lipinski definition) is 4. The first-order chi connectivity index (χ1) is 24.6. The molecule has 0 aliphatic carbocycles. The van der Waals surface area contributed by atoms with Crippen LogP contribution in [0.2, 0.25) is 0 Å². The predicted molar refractivity (Wildman–Crippen MR) is 224 cm³/mol. The van der Waals surface area contributed by atoms with E-state index < -0.39 is 0 Å². The minimum absolute atomic E-state index is 0. The number of unbranched alkanes of at least 4 members (excludes halogenated alkanes) is 22. The SMILES string of the molecule is CCCCCCCCC(O)CCCCCC.[CH2-]CCCCCN(CCCO)CCCCCCOCC(CCCCCC)CCCCCCCC.[W]. The maximum Gasteiger partial charge on any atom is 0.0540 e. The Kier molecular flexibility index (Phi) is 55.3. The van der Waals surface area contributed by atoms with E-state index in [1.165, 1.54) is 199 Å². The van der Waals surface area contributed by atoms with Crippen LogP contribution in [0, 0.1) is 12.8 Å². The second-order valence-electron chi connectivity index (χ2n) is 15.7. The number of aliphatic hydroxyl groups is 2. The van der Waals surface area contributed by atoms with E-state index in [0.717, 1.165) is 51.4 Å². The molecule has 0 spiro atoms. The Labute approximate surface area is 337 Å². The summed E-state index contributed by atoms with van der Waals surface area (Å²) in [5.74, 6) is 0.784. The average molecular weight is 895 g/mol. The summed E-state index contributed by atoms with van der Waals surface area (Å²) in [6.45, 7) is 18.7. The number of ether oxygens (including phenoxy) is 1. The summed E-state index contributed by atoms with van der Waals surface area (Å²) < 4.78 is 6.16. The van der Waals surface area contributed by atoms with Gasteiger partial charge in [0.15, 0.2) is 0 Å². The monoisotopic (exact) mass is 895 g/mol. The van der Waals surface area contributed by atoms with E-state index in [0.29, 0.717) is 6.61 Å². The Morgan fingerprint density at radius 2 is 0.843 bits per heavy atom. The van der Waals surface area contributed by atoms with Crippen LogP contribution in [-0.2, 0) is 25.8 Å². The zero-order valence-electron chi connectivity index (χ0n) is 35.6. The van der Waals surface area contributed by atoms with Crippen LogP contribution >= 0.6 is 0 Å². The Bertz CT molecular complexity index is 581. The summed E-state index contributed by atoms with van der Waals surface area (Å²) in [5.41, 5.74) is 0. The van der Waals surface area contributed by atoms with E-state index in [-0.39, 0.29) is 27.2 Å². The van der Waals surface area contributed by atoms with Gasteiger partial charge in [0.1, 0.15) is 0 Å². The Morgan fingerprint density at radius 3 is 1.31 bits per heavy atom. The fourth-order valence-electron chi connectivity index (χ4n) is 6.96. The summed E-state index contributed by atoms with van der Waals surface area (Å²) in [7, 11) is 0. The molecule has 51 heavy (non-hydrogen) atoms. The third-order valence-electron chi connectivity index (χ3n) is 10.4. The van der Waals surface area contributed by atoms with Crippen molar-refractivity contribution in [1.82, 2.24) is 4.90 Å². The van der Waals surface area contributed by atoms with Gasteiger partial charge in [-0.05, 0) is 70.4 Å². The molecule has 0 aromatic carbocycles. The second kappa shape index (κ2) is 50.5. The van der Waals surface area contributed by atoms with Crippen LogP contribution in [0.25, 0.3) is 0 Å². The first kappa shape index (κ1) is 55.9. The molecule has 0 aliphatic rings. The van der Waals surface area contributed by atoms with E-state index in [1.54, 1.807) is 0 Å². The van der Waals surface area contributed by atoms with Gasteiger partial charge in [-0.15, -0.1) is 0 Å². The number of nitrogens with zero attached hydrogens (tertiary/aromatic N) is 1. The van der Waals surface area contributed by atoms with Gasteiger partial charge in [0.25, 0.3) is 0 Å². The van der Waals surface area contributed by atoms with Crippen molar-refractivity contribution in [2.45, 2.75) is 246 Å². The maximum atomic E-state index is 9.75. The summed E-state index contributed by atoms with van der Waals surface area (Å²) in [5, 5.41) is 18.9. The summed E-state index contributed by atoms with van der Waals surface area (Å²) in [6.07, 6.45) is 42.6. The van der Waals surface area contributed by atoms with Gasteiger partial charge in [-0.3, -0.25) is 0 Å². The molecule has 0 aliphatic heterocycles. The van der Waals surface area contributed by atoms with Gasteiger partial charge < -0.3 is 26.8 Å². The van der Waals surface area contributed by atoms with E-state index in [2.05, 4.69) is 39.5 Å². The molecule has 0 aromatic rings. The average Bonchev–Trinajstić information content (AvgIpc) is 3.12. The van der Waals surface area contributed by atoms with Crippen LogP contribution in [0.15, 0.2) is 0 Å². The fraction of sp³-hybridized carbons (Fsp3) is 0.978. The Morgan fingerprint density at radius 1 is 0.471 bits per heavy atom. The third-order valence-corrected chi connectivity index (χ3v) is 10.4. The first-order valence-electron chi connectivity index (χ1n) is 23.0. The molecular weight excluding hydrogens is 798 g/mol. The first-order valence-corrected chi connectivity index (χ1v) is 23.0. The molecule has 310 valence electrons. The van der Waals surface area contributed by atoms with Gasteiger partial charge in [0.05, 0.1) is 6.10 Å². The molecule has 0 aromatic heterocycles. The molecule has 0 bridgehead atoms. The van der Waals surface area contributed by atoms with Gasteiger partial charge in [0, 0.05) is 47.4 Å². The van der Waals surface area contributed by atoms with E-state index >= 15 is 0 Å². The largest absolute Gasteiger partial charge is 0.396 e. The van der Waals surface area contributed by atoms with Crippen molar-refractivity contribution in [2.75, 3.05) is 39.5 Å². The second-order valence-corrected chi connectivity index (χ2v) is 15.7. The van der Waals surface area contributed by atoms with Crippen LogP contribution in [0.5, 0.6) is 0 Å². The molecule has 0 fully saturated rings. The van der Waals surface area contributed by atoms with Crippen molar-refractivity contribution in [3.8, 4) is 0 Å². The predicted octanol–water partition coefficient (Wildman–Crippen LogP) is 14.0. The van der Waals surface area contributed by atoms with Gasteiger partial charge in [-0.25, -0.2) is 0 Å². The molecule has 0 amide bonds. The van der Waals surface area contributed by atoms with Crippen molar-refractivity contribution < 1.29 is 36.0 Å². The van der Waals surface area contributed by atoms with Gasteiger partial charge in [0.2, 0.25) is 0 Å². The summed E-state index contributed by atoms with van der Waals surface area (Å²) in [6, 6.07) is 0. The standard InChI is InChI=1S/C31H64NO2.C15H32O.W/c1-4-7-10-13-14-18-24-31(23-17-11-8-5-2)30-34-29-21-16-15-20-26-32(27-22-28-33)25-19-12-9-6-3;1-3-5-7-9-10-12-14-15(16)13-11-8-6-4-2;/h31,33H,3-30H2,1-2H3;15-16H,3-14H2,1-2H3;/q-1;;. The van der Waals surface area contributed by atoms with Crippen LogP contribution in [0.3, 0.4) is 0 Å². The molecule has 0 radical (unpaired) electrons. The van der Waals surface area contributed by atoms with Crippen LogP contribution in [0.1, 0.15) is 240 Å². The smallest absolute Gasteiger partial charge is 0.0540 e. The quantitative estimate of drug-likeness (QED) is 0.0474. The van der Waals surface area contributed by atoms with E-state index in [1.807, 2.05) is 0 Å². The Balaban J connectivity index is -0.00000114. The molecule has 2 unspecified atom stereocenters. The normalized spacial score (nSPS) is 12.5. The number of rotatable bonds is 41. The molecule has 4 nitrogen and oxygen atoms in total. The molecule has 0 rings (SSSR count). The molecule has 0 heterocycles. The number of aliphatic hydroxyl groups excluding tert-OH is 2. The summed E-state index contributed by atoms with van der Waals surface area (Å²) in [4.78, 5) is 2.56. The van der Waals surface area contributed by atoms with E-state index in [4.69, 9.17) is 4.74 Å². The zero-order chi connectivity index (χ0) is 37.0. The molecule has 2 N–H and O–H groups in total. The minimum atomic E-state index is -0.0250. The molecular formula is C46H96NO3W-. The van der Waals surface area contributed by atoms with Crippen molar-refractivity contribution in [1.29, 1.82) is 0 Å². The Hall–Kier alpha value is 0.528. The van der Waals surface area contributed by atoms with Crippen LogP contribution in [-0.4, -0.2) is 60.7 Å². The summed E-state index contributed by atoms with van der Waals surface area (Å²) >= 11 is 0.